The Labute approximate surface area is 128 Å². The quantitative estimate of drug-likeness (QED) is 0.426. The Kier molecular flexibility index (Phi) is 5.68. The van der Waals surface area contributed by atoms with E-state index < -0.39 is 0 Å². The second-order valence-electron chi connectivity index (χ2n) is 4.60. The summed E-state index contributed by atoms with van der Waals surface area (Å²) in [5.41, 5.74) is 0.981. The van der Waals surface area contributed by atoms with Gasteiger partial charge >= 0.3 is 0 Å². The highest BCUT2D eigenvalue weighted by Crippen LogP contribution is 2.24. The van der Waals surface area contributed by atoms with Gasteiger partial charge in [-0.15, -0.1) is 16.8 Å². The number of ketones is 1. The van der Waals surface area contributed by atoms with Gasteiger partial charge in [-0.2, -0.15) is 0 Å². The first-order valence-corrected chi connectivity index (χ1v) is 7.77. The molecular weight excluding hydrogens is 284 g/mol. The van der Waals surface area contributed by atoms with E-state index in [4.69, 9.17) is 0 Å². The molecule has 2 aromatic heterocycles. The maximum Gasteiger partial charge on any atom is 0.191 e. The van der Waals surface area contributed by atoms with E-state index >= 15 is 0 Å². The minimum Gasteiger partial charge on any atom is -0.300 e. The molecule has 0 spiro atoms. The van der Waals surface area contributed by atoms with Crippen LogP contribution in [0.5, 0.6) is 0 Å². The zero-order valence-corrected chi connectivity index (χ0v) is 12.8. The van der Waals surface area contributed by atoms with Gasteiger partial charge in [0.2, 0.25) is 0 Å². The van der Waals surface area contributed by atoms with E-state index in [2.05, 4.69) is 21.8 Å². The zero-order chi connectivity index (χ0) is 15.1. The lowest BCUT2D eigenvalue weighted by Crippen LogP contribution is -2.01. The molecule has 0 bridgehead atoms. The monoisotopic (exact) mass is 302 g/mol. The van der Waals surface area contributed by atoms with E-state index in [-0.39, 0.29) is 5.78 Å². The number of carbonyl (C=O) groups is 1. The van der Waals surface area contributed by atoms with Gasteiger partial charge < -0.3 is 4.79 Å². The number of thioether (sulfide) groups is 1. The van der Waals surface area contributed by atoms with Crippen LogP contribution in [0.4, 0.5) is 0 Å². The molecule has 0 atom stereocenters. The van der Waals surface area contributed by atoms with Crippen LogP contribution >= 0.6 is 11.8 Å². The van der Waals surface area contributed by atoms with Gasteiger partial charge in [0, 0.05) is 36.7 Å². The molecule has 6 heteroatoms. The highest BCUT2D eigenvalue weighted by Gasteiger charge is 2.13. The van der Waals surface area contributed by atoms with E-state index in [9.17, 15) is 4.79 Å². The molecule has 21 heavy (non-hydrogen) atoms. The van der Waals surface area contributed by atoms with E-state index in [1.165, 1.54) is 0 Å². The standard InChI is InChI=1S/C15H18N4OS/c1-3-10-19-14(13-6-8-16-9-7-13)17-18-15(19)21-11-4-5-12(2)20/h3,6-9H,1,4-5,10-11H2,2H3. The van der Waals surface area contributed by atoms with Crippen LogP contribution in [0.15, 0.2) is 42.3 Å². The molecule has 5 nitrogen and oxygen atoms in total. The van der Waals surface area contributed by atoms with Crippen molar-refractivity contribution in [3.05, 3.63) is 37.2 Å². The number of hydrogen-bond acceptors (Lipinski definition) is 5. The van der Waals surface area contributed by atoms with Crippen molar-refractivity contribution >= 4 is 17.5 Å². The van der Waals surface area contributed by atoms with Gasteiger partial charge in [0.1, 0.15) is 5.78 Å². The Bertz CT molecular complexity index is 609. The molecule has 2 rings (SSSR count). The van der Waals surface area contributed by atoms with Crippen molar-refractivity contribution in [1.29, 1.82) is 0 Å². The molecule has 2 aromatic rings. The molecule has 0 saturated heterocycles. The summed E-state index contributed by atoms with van der Waals surface area (Å²) < 4.78 is 2.03. The lowest BCUT2D eigenvalue weighted by molar-refractivity contribution is -0.117. The van der Waals surface area contributed by atoms with Crippen molar-refractivity contribution in [1.82, 2.24) is 19.7 Å². The molecule has 0 saturated carbocycles. The van der Waals surface area contributed by atoms with Crippen LogP contribution in [-0.4, -0.2) is 31.3 Å². The summed E-state index contributed by atoms with van der Waals surface area (Å²) in [6.07, 6.45) is 6.77. The molecule has 0 amide bonds. The Morgan fingerprint density at radius 1 is 1.38 bits per heavy atom. The molecule has 110 valence electrons. The molecule has 0 radical (unpaired) electrons. The van der Waals surface area contributed by atoms with Gasteiger partial charge in [-0.3, -0.25) is 9.55 Å². The number of aromatic nitrogens is 4. The SMILES string of the molecule is C=CCn1c(SCCCC(C)=O)nnc1-c1ccncc1. The van der Waals surface area contributed by atoms with Crippen molar-refractivity contribution in [2.45, 2.75) is 31.5 Å². The van der Waals surface area contributed by atoms with Gasteiger partial charge in [-0.1, -0.05) is 17.8 Å². The van der Waals surface area contributed by atoms with Gasteiger partial charge in [0.15, 0.2) is 11.0 Å². The molecule has 0 N–H and O–H groups in total. The average molecular weight is 302 g/mol. The van der Waals surface area contributed by atoms with Crippen LogP contribution in [0.25, 0.3) is 11.4 Å². The van der Waals surface area contributed by atoms with Gasteiger partial charge in [0.05, 0.1) is 0 Å². The molecule has 0 fully saturated rings. The fourth-order valence-electron chi connectivity index (χ4n) is 1.89. The Morgan fingerprint density at radius 3 is 2.81 bits per heavy atom. The number of nitrogens with zero attached hydrogens (tertiary/aromatic N) is 4. The molecule has 2 heterocycles. The van der Waals surface area contributed by atoms with Crippen LogP contribution in [0, 0.1) is 0 Å². The third-order valence-corrected chi connectivity index (χ3v) is 3.92. The molecular formula is C15H18N4OS. The van der Waals surface area contributed by atoms with Crippen molar-refractivity contribution < 1.29 is 4.79 Å². The van der Waals surface area contributed by atoms with Crippen molar-refractivity contribution in [3.63, 3.8) is 0 Å². The number of pyridine rings is 1. The predicted molar refractivity (Wildman–Crippen MR) is 84.1 cm³/mol. The third kappa shape index (κ3) is 4.26. The van der Waals surface area contributed by atoms with E-state index in [1.54, 1.807) is 31.1 Å². The summed E-state index contributed by atoms with van der Waals surface area (Å²) in [6, 6.07) is 3.82. The molecule has 0 aliphatic carbocycles. The number of hydrogen-bond donors (Lipinski definition) is 0. The minimum absolute atomic E-state index is 0.223. The summed E-state index contributed by atoms with van der Waals surface area (Å²) >= 11 is 1.62. The predicted octanol–water partition coefficient (Wildman–Crippen LogP) is 2.99. The highest BCUT2D eigenvalue weighted by atomic mass is 32.2. The van der Waals surface area contributed by atoms with Gasteiger partial charge in [-0.05, 0) is 25.5 Å². The number of rotatable bonds is 8. The Morgan fingerprint density at radius 2 is 2.14 bits per heavy atom. The van der Waals surface area contributed by atoms with Crippen LogP contribution < -0.4 is 0 Å². The fraction of sp³-hybridized carbons (Fsp3) is 0.333. The summed E-state index contributed by atoms with van der Waals surface area (Å²) in [5, 5.41) is 9.37. The molecule has 0 aliphatic rings. The number of Topliss-reactive ketones (excluding diaryl/α,β-unsaturated/α-hetero) is 1. The van der Waals surface area contributed by atoms with Crippen LogP contribution in [0.3, 0.4) is 0 Å². The summed E-state index contributed by atoms with van der Waals surface area (Å²) in [7, 11) is 0. The maximum absolute atomic E-state index is 11.0. The van der Waals surface area contributed by atoms with Crippen molar-refractivity contribution in [2.75, 3.05) is 5.75 Å². The second-order valence-corrected chi connectivity index (χ2v) is 5.66. The lowest BCUT2D eigenvalue weighted by atomic mass is 10.2. The third-order valence-electron chi connectivity index (χ3n) is 2.87. The maximum atomic E-state index is 11.0. The fourth-order valence-corrected chi connectivity index (χ4v) is 2.77. The van der Waals surface area contributed by atoms with Crippen LogP contribution in [0.1, 0.15) is 19.8 Å². The summed E-state index contributed by atoms with van der Waals surface area (Å²) in [4.78, 5) is 15.0. The Balaban J connectivity index is 2.13. The molecule has 0 unspecified atom stereocenters. The van der Waals surface area contributed by atoms with Crippen LogP contribution in [-0.2, 0) is 11.3 Å². The first kappa shape index (κ1) is 15.4. The summed E-state index contributed by atoms with van der Waals surface area (Å²) in [5.74, 6) is 1.89. The lowest BCUT2D eigenvalue weighted by Gasteiger charge is -2.07. The van der Waals surface area contributed by atoms with E-state index in [0.717, 1.165) is 28.7 Å². The van der Waals surface area contributed by atoms with E-state index in [0.29, 0.717) is 13.0 Å². The molecule has 0 aliphatic heterocycles. The first-order chi connectivity index (χ1) is 10.2. The van der Waals surface area contributed by atoms with E-state index in [1.807, 2.05) is 22.8 Å². The number of allylic oxidation sites excluding steroid dienone is 1. The smallest absolute Gasteiger partial charge is 0.191 e. The highest BCUT2D eigenvalue weighted by molar-refractivity contribution is 7.99. The average Bonchev–Trinajstić information content (AvgIpc) is 2.88. The number of carbonyl (C=O) groups excluding carboxylic acids is 1. The van der Waals surface area contributed by atoms with Gasteiger partial charge in [-0.25, -0.2) is 0 Å². The largest absolute Gasteiger partial charge is 0.300 e. The normalized spacial score (nSPS) is 10.5. The second kappa shape index (κ2) is 7.73. The van der Waals surface area contributed by atoms with Crippen molar-refractivity contribution in [2.24, 2.45) is 0 Å². The van der Waals surface area contributed by atoms with Crippen molar-refractivity contribution in [3.8, 4) is 11.4 Å². The summed E-state index contributed by atoms with van der Waals surface area (Å²) in [6.45, 7) is 6.06. The molecule has 0 aromatic carbocycles. The zero-order valence-electron chi connectivity index (χ0n) is 12.0. The van der Waals surface area contributed by atoms with Crippen LogP contribution in [0.2, 0.25) is 0 Å². The minimum atomic E-state index is 0.223. The topological polar surface area (TPSA) is 60.7 Å². The van der Waals surface area contributed by atoms with Gasteiger partial charge in [0.25, 0.3) is 0 Å². The first-order valence-electron chi connectivity index (χ1n) is 6.79. The Hall–Kier alpha value is -1.95.